The third-order valence-corrected chi connectivity index (χ3v) is 7.35. The summed E-state index contributed by atoms with van der Waals surface area (Å²) in [7, 11) is 2.08. The zero-order chi connectivity index (χ0) is 18.7. The van der Waals surface area contributed by atoms with Crippen molar-refractivity contribution in [2.75, 3.05) is 0 Å². The lowest BCUT2D eigenvalue weighted by atomic mass is 9.53. The van der Waals surface area contributed by atoms with E-state index in [1.165, 1.54) is 43.4 Å². The summed E-state index contributed by atoms with van der Waals surface area (Å²) in [6, 6.07) is 0. The van der Waals surface area contributed by atoms with E-state index >= 15 is 0 Å². The molecule has 4 heteroatoms. The van der Waals surface area contributed by atoms with Crippen LogP contribution >= 0.6 is 0 Å². The van der Waals surface area contributed by atoms with Crippen LogP contribution in [0.15, 0.2) is 11.8 Å². The Kier molecular flexibility index (Phi) is 3.91. The van der Waals surface area contributed by atoms with Crippen LogP contribution in [0, 0.1) is 17.9 Å². The van der Waals surface area contributed by atoms with Crippen molar-refractivity contribution < 1.29 is 4.79 Å². The standard InChI is InChI=1S/C22H29N3O/c1-21(2)17-12-11-15-18(14-9-7-6-8-10-14)25(5)24-19(15)22(17,3)13-16(23-4)20(21)26/h13-14,17H,6-12H2,1-3,5H3/t17-,22-/m0/s1. The quantitative estimate of drug-likeness (QED) is 0.688. The van der Waals surface area contributed by atoms with Gasteiger partial charge >= 0.3 is 0 Å². The van der Waals surface area contributed by atoms with Gasteiger partial charge in [-0.2, -0.15) is 5.10 Å². The summed E-state index contributed by atoms with van der Waals surface area (Å²) in [5.41, 5.74) is 3.42. The minimum atomic E-state index is -0.510. The number of rotatable bonds is 1. The smallest absolute Gasteiger partial charge is 0.226 e. The zero-order valence-electron chi connectivity index (χ0n) is 16.4. The van der Waals surface area contributed by atoms with Crippen LogP contribution < -0.4 is 0 Å². The van der Waals surface area contributed by atoms with Crippen LogP contribution in [0.4, 0.5) is 0 Å². The van der Waals surface area contributed by atoms with Gasteiger partial charge in [0.05, 0.1) is 12.3 Å². The van der Waals surface area contributed by atoms with E-state index in [0.717, 1.165) is 18.5 Å². The van der Waals surface area contributed by atoms with Crippen LogP contribution in [0.25, 0.3) is 4.85 Å². The minimum absolute atomic E-state index is 0.00172. The topological polar surface area (TPSA) is 39.2 Å². The van der Waals surface area contributed by atoms with Crippen molar-refractivity contribution in [1.82, 2.24) is 9.78 Å². The van der Waals surface area contributed by atoms with Gasteiger partial charge in [0, 0.05) is 29.5 Å². The summed E-state index contributed by atoms with van der Waals surface area (Å²) >= 11 is 0. The van der Waals surface area contributed by atoms with Crippen LogP contribution in [0.1, 0.15) is 82.2 Å². The molecule has 1 fully saturated rings. The number of hydrogen-bond donors (Lipinski definition) is 0. The SMILES string of the molecule is [C-]#[N+]C1=C[C@]2(C)c3nn(C)c(C4CCCCC4)c3CC[C@H]2C(C)(C)C1=O. The van der Waals surface area contributed by atoms with Crippen LogP contribution in [0.5, 0.6) is 0 Å². The van der Waals surface area contributed by atoms with E-state index in [-0.39, 0.29) is 17.1 Å². The lowest BCUT2D eigenvalue weighted by Gasteiger charge is -2.49. The first-order valence-corrected chi connectivity index (χ1v) is 10.0. The highest BCUT2D eigenvalue weighted by Gasteiger charge is 2.55. The first-order valence-electron chi connectivity index (χ1n) is 10.0. The third kappa shape index (κ3) is 2.25. The average molecular weight is 351 g/mol. The molecule has 138 valence electrons. The van der Waals surface area contributed by atoms with Gasteiger partial charge in [0.25, 0.3) is 0 Å². The lowest BCUT2D eigenvalue weighted by Crippen LogP contribution is -2.51. The second-order valence-electron chi connectivity index (χ2n) is 9.24. The van der Waals surface area contributed by atoms with Gasteiger partial charge in [-0.3, -0.25) is 4.68 Å². The van der Waals surface area contributed by atoms with Crippen molar-refractivity contribution in [1.29, 1.82) is 0 Å². The summed E-state index contributed by atoms with van der Waals surface area (Å²) in [6.07, 6.45) is 10.4. The summed E-state index contributed by atoms with van der Waals surface area (Å²) in [4.78, 5) is 16.4. The van der Waals surface area contributed by atoms with Gasteiger partial charge in [-0.05, 0) is 37.2 Å². The number of aromatic nitrogens is 2. The summed E-state index contributed by atoms with van der Waals surface area (Å²) in [5, 5.41) is 5.00. The number of fused-ring (bicyclic) bond motifs is 3. The molecule has 3 aliphatic carbocycles. The molecule has 4 nitrogen and oxygen atoms in total. The van der Waals surface area contributed by atoms with Gasteiger partial charge in [-0.25, -0.2) is 4.85 Å². The monoisotopic (exact) mass is 351 g/mol. The minimum Gasteiger partial charge on any atom is -0.307 e. The Morgan fingerprint density at radius 2 is 1.88 bits per heavy atom. The predicted molar refractivity (Wildman–Crippen MR) is 102 cm³/mol. The fourth-order valence-electron chi connectivity index (χ4n) is 6.10. The normalized spacial score (nSPS) is 31.0. The maximum absolute atomic E-state index is 12.8. The van der Waals surface area contributed by atoms with E-state index in [4.69, 9.17) is 11.7 Å². The molecule has 4 rings (SSSR count). The summed E-state index contributed by atoms with van der Waals surface area (Å²) in [5.74, 6) is 0.823. The molecule has 0 N–H and O–H groups in total. The first kappa shape index (κ1) is 17.5. The van der Waals surface area contributed by atoms with Crippen molar-refractivity contribution in [2.45, 2.75) is 77.0 Å². The van der Waals surface area contributed by atoms with E-state index in [0.29, 0.717) is 11.6 Å². The number of Topliss-reactive ketones (excluding diaryl/α,β-unsaturated/α-hetero) is 1. The number of hydrogen-bond acceptors (Lipinski definition) is 2. The Balaban J connectivity index is 1.88. The molecular formula is C22H29N3O. The number of carbonyl (C=O) groups is 1. The van der Waals surface area contributed by atoms with Gasteiger partial charge in [0.15, 0.2) is 5.78 Å². The molecule has 26 heavy (non-hydrogen) atoms. The third-order valence-electron chi connectivity index (χ3n) is 7.35. The maximum Gasteiger partial charge on any atom is 0.226 e. The van der Waals surface area contributed by atoms with Crippen molar-refractivity contribution in [3.63, 3.8) is 0 Å². The van der Waals surface area contributed by atoms with E-state index < -0.39 is 5.41 Å². The summed E-state index contributed by atoms with van der Waals surface area (Å²) in [6.45, 7) is 13.7. The largest absolute Gasteiger partial charge is 0.307 e. The van der Waals surface area contributed by atoms with Crippen molar-refractivity contribution >= 4 is 5.78 Å². The van der Waals surface area contributed by atoms with Crippen molar-refractivity contribution in [3.8, 4) is 0 Å². The molecule has 0 unspecified atom stereocenters. The highest BCUT2D eigenvalue weighted by Crippen LogP contribution is 2.55. The molecule has 2 atom stereocenters. The van der Waals surface area contributed by atoms with Crippen LogP contribution in [-0.4, -0.2) is 15.6 Å². The van der Waals surface area contributed by atoms with Crippen LogP contribution in [0.2, 0.25) is 0 Å². The number of nitrogens with zero attached hydrogens (tertiary/aromatic N) is 3. The van der Waals surface area contributed by atoms with Crippen LogP contribution in [-0.2, 0) is 23.7 Å². The molecule has 3 aliphatic rings. The van der Waals surface area contributed by atoms with E-state index in [9.17, 15) is 4.79 Å². The highest BCUT2D eigenvalue weighted by molar-refractivity contribution is 6.02. The molecule has 1 aromatic heterocycles. The van der Waals surface area contributed by atoms with E-state index in [1.54, 1.807) is 0 Å². The molecule has 1 heterocycles. The summed E-state index contributed by atoms with van der Waals surface area (Å²) < 4.78 is 2.11. The second kappa shape index (κ2) is 5.81. The number of aryl methyl sites for hydroxylation is 1. The number of allylic oxidation sites excluding steroid dienone is 2. The molecule has 0 radical (unpaired) electrons. The molecule has 0 bridgehead atoms. The average Bonchev–Trinajstić information content (AvgIpc) is 2.96. The van der Waals surface area contributed by atoms with Gasteiger partial charge in [-0.1, -0.05) is 46.1 Å². The molecule has 0 spiro atoms. The zero-order valence-corrected chi connectivity index (χ0v) is 16.4. The lowest BCUT2D eigenvalue weighted by molar-refractivity contribution is -0.128. The Hall–Kier alpha value is -1.89. The predicted octanol–water partition coefficient (Wildman–Crippen LogP) is 4.70. The fraction of sp³-hybridized carbons (Fsp3) is 0.682. The first-order chi connectivity index (χ1) is 12.3. The Bertz CT molecular complexity index is 832. The second-order valence-corrected chi connectivity index (χ2v) is 9.24. The van der Waals surface area contributed by atoms with Gasteiger partial charge < -0.3 is 4.79 Å². The van der Waals surface area contributed by atoms with Gasteiger partial charge in [0.2, 0.25) is 5.70 Å². The molecule has 0 aromatic carbocycles. The molecule has 1 aromatic rings. The van der Waals surface area contributed by atoms with Gasteiger partial charge in [-0.15, -0.1) is 0 Å². The molecule has 0 amide bonds. The van der Waals surface area contributed by atoms with Crippen molar-refractivity contribution in [2.24, 2.45) is 18.4 Å². The highest BCUT2D eigenvalue weighted by atomic mass is 16.1. The van der Waals surface area contributed by atoms with E-state index in [2.05, 4.69) is 23.5 Å². The van der Waals surface area contributed by atoms with E-state index in [1.807, 2.05) is 19.9 Å². The maximum atomic E-state index is 12.8. The molecule has 0 aliphatic heterocycles. The van der Waals surface area contributed by atoms with Crippen LogP contribution in [0.3, 0.4) is 0 Å². The number of carbonyl (C=O) groups excluding carboxylic acids is 1. The van der Waals surface area contributed by atoms with Crippen molar-refractivity contribution in [3.05, 3.63) is 40.1 Å². The number of ketones is 1. The van der Waals surface area contributed by atoms with Gasteiger partial charge in [0.1, 0.15) is 0 Å². The molecular weight excluding hydrogens is 322 g/mol. The Morgan fingerprint density at radius 3 is 2.54 bits per heavy atom. The molecule has 1 saturated carbocycles. The Morgan fingerprint density at radius 1 is 1.19 bits per heavy atom. The molecule has 0 saturated heterocycles. The fourth-order valence-corrected chi connectivity index (χ4v) is 6.10. The Labute approximate surface area is 156 Å².